The van der Waals surface area contributed by atoms with Crippen LogP contribution in [-0.4, -0.2) is 21.1 Å². The maximum atomic E-state index is 6.30. The van der Waals surface area contributed by atoms with Crippen LogP contribution in [0.2, 0.25) is 0 Å². The van der Waals surface area contributed by atoms with Crippen LogP contribution in [0.3, 0.4) is 0 Å². The highest BCUT2D eigenvalue weighted by Crippen LogP contribution is 2.37. The van der Waals surface area contributed by atoms with E-state index in [4.69, 9.17) is 10.5 Å². The van der Waals surface area contributed by atoms with Gasteiger partial charge in [0, 0.05) is 16.5 Å². The number of nitrogens with two attached hydrogens (primary N) is 1. The van der Waals surface area contributed by atoms with Crippen molar-refractivity contribution in [3.8, 4) is 5.88 Å². The monoisotopic (exact) mass is 352 g/mol. The Bertz CT molecular complexity index is 875. The van der Waals surface area contributed by atoms with Gasteiger partial charge in [-0.25, -0.2) is 4.98 Å². The van der Waals surface area contributed by atoms with Crippen LogP contribution in [0.5, 0.6) is 5.88 Å². The van der Waals surface area contributed by atoms with Crippen LogP contribution in [0, 0.1) is 0 Å². The van der Waals surface area contributed by atoms with E-state index in [9.17, 15) is 0 Å². The molecule has 128 valence electrons. The number of hydrogen-bond acceptors (Lipinski definition) is 6. The van der Waals surface area contributed by atoms with Gasteiger partial charge >= 0.3 is 0 Å². The van der Waals surface area contributed by atoms with Gasteiger partial charge in [-0.1, -0.05) is 36.4 Å². The molecule has 0 spiro atoms. The lowest BCUT2D eigenvalue weighted by Gasteiger charge is -2.23. The van der Waals surface area contributed by atoms with E-state index in [0.717, 1.165) is 28.6 Å². The zero-order valence-corrected chi connectivity index (χ0v) is 14.7. The molecule has 4 rings (SSSR count). The molecule has 0 bridgehead atoms. The Morgan fingerprint density at radius 1 is 1.00 bits per heavy atom. The molecule has 1 aromatic carbocycles. The molecule has 25 heavy (non-hydrogen) atoms. The standard InChI is InChI=1S/C19H20N4OS/c20-16-18(24-14-8-2-1-3-9-14)22-12-23-19(16)25-15-10-4-6-13-7-5-11-21-17(13)15/h4-7,10-12,14H,1-3,8-9,20H2. The lowest BCUT2D eigenvalue weighted by molar-refractivity contribution is 0.149. The second-order valence-electron chi connectivity index (χ2n) is 6.21. The van der Waals surface area contributed by atoms with Crippen LogP contribution in [0.25, 0.3) is 10.9 Å². The molecular weight excluding hydrogens is 332 g/mol. The Kier molecular flexibility index (Phi) is 4.70. The van der Waals surface area contributed by atoms with E-state index in [2.05, 4.69) is 15.0 Å². The molecule has 1 aliphatic rings. The van der Waals surface area contributed by atoms with Crippen molar-refractivity contribution in [3.63, 3.8) is 0 Å². The fourth-order valence-electron chi connectivity index (χ4n) is 3.14. The molecule has 0 atom stereocenters. The molecule has 2 heterocycles. The molecule has 0 amide bonds. The van der Waals surface area contributed by atoms with E-state index >= 15 is 0 Å². The number of hydrogen-bond donors (Lipinski definition) is 1. The number of benzene rings is 1. The van der Waals surface area contributed by atoms with Crippen molar-refractivity contribution in [1.29, 1.82) is 0 Å². The molecule has 1 saturated carbocycles. The number of nitrogens with zero attached hydrogens (tertiary/aromatic N) is 3. The predicted octanol–water partition coefficient (Wildman–Crippen LogP) is 4.47. The average Bonchev–Trinajstić information content (AvgIpc) is 2.66. The maximum absolute atomic E-state index is 6.30. The van der Waals surface area contributed by atoms with Crippen LogP contribution >= 0.6 is 11.8 Å². The molecule has 2 N–H and O–H groups in total. The fraction of sp³-hybridized carbons (Fsp3) is 0.316. The molecule has 2 aromatic heterocycles. The summed E-state index contributed by atoms with van der Waals surface area (Å²) in [4.78, 5) is 14.1. The van der Waals surface area contributed by atoms with Crippen LogP contribution in [-0.2, 0) is 0 Å². The number of pyridine rings is 1. The Morgan fingerprint density at radius 3 is 2.72 bits per heavy atom. The van der Waals surface area contributed by atoms with Crippen LogP contribution < -0.4 is 10.5 Å². The number of aromatic nitrogens is 3. The summed E-state index contributed by atoms with van der Waals surface area (Å²) in [6, 6.07) is 10.1. The zero-order chi connectivity index (χ0) is 17.1. The summed E-state index contributed by atoms with van der Waals surface area (Å²) in [6.07, 6.45) is 9.37. The summed E-state index contributed by atoms with van der Waals surface area (Å²) in [5.74, 6) is 0.498. The molecule has 0 aliphatic heterocycles. The highest BCUT2D eigenvalue weighted by Gasteiger charge is 2.19. The maximum Gasteiger partial charge on any atom is 0.241 e. The molecule has 0 saturated heterocycles. The van der Waals surface area contributed by atoms with Gasteiger partial charge in [-0.3, -0.25) is 4.98 Å². The summed E-state index contributed by atoms with van der Waals surface area (Å²) in [6.45, 7) is 0. The number of ether oxygens (including phenoxy) is 1. The third kappa shape index (κ3) is 3.54. The number of nitrogen functional groups attached to an aromatic ring is 1. The van der Waals surface area contributed by atoms with Crippen molar-refractivity contribution in [1.82, 2.24) is 15.0 Å². The van der Waals surface area contributed by atoms with E-state index in [1.165, 1.54) is 37.4 Å². The molecule has 5 nitrogen and oxygen atoms in total. The first kappa shape index (κ1) is 16.1. The Hall–Kier alpha value is -2.34. The number of rotatable bonds is 4. The minimum Gasteiger partial charge on any atom is -0.473 e. The summed E-state index contributed by atoms with van der Waals surface area (Å²) in [7, 11) is 0. The summed E-state index contributed by atoms with van der Waals surface area (Å²) in [5.41, 5.74) is 7.75. The SMILES string of the molecule is Nc1c(OC2CCCCC2)ncnc1Sc1cccc2cccnc12. The minimum atomic E-state index is 0.211. The van der Waals surface area contributed by atoms with Crippen LogP contribution in [0.1, 0.15) is 32.1 Å². The molecule has 1 fully saturated rings. The van der Waals surface area contributed by atoms with E-state index < -0.39 is 0 Å². The first-order valence-electron chi connectivity index (χ1n) is 8.60. The van der Waals surface area contributed by atoms with Gasteiger partial charge < -0.3 is 10.5 Å². The minimum absolute atomic E-state index is 0.211. The second-order valence-corrected chi connectivity index (χ2v) is 7.24. The number of para-hydroxylation sites is 1. The van der Waals surface area contributed by atoms with E-state index in [1.807, 2.05) is 30.3 Å². The normalized spacial score (nSPS) is 15.4. The summed E-state index contributed by atoms with van der Waals surface area (Å²) >= 11 is 1.50. The Morgan fingerprint density at radius 2 is 1.84 bits per heavy atom. The lowest BCUT2D eigenvalue weighted by atomic mass is 9.98. The third-order valence-electron chi connectivity index (χ3n) is 4.44. The fourth-order valence-corrected chi connectivity index (χ4v) is 4.06. The molecule has 0 radical (unpaired) electrons. The van der Waals surface area contributed by atoms with Gasteiger partial charge in [-0.15, -0.1) is 0 Å². The van der Waals surface area contributed by atoms with Gasteiger partial charge in [0.15, 0.2) is 0 Å². The Labute approximate surface area is 151 Å². The Balaban J connectivity index is 1.61. The lowest BCUT2D eigenvalue weighted by Crippen LogP contribution is -2.21. The second kappa shape index (κ2) is 7.27. The first-order valence-corrected chi connectivity index (χ1v) is 9.41. The van der Waals surface area contributed by atoms with Crippen molar-refractivity contribution in [2.24, 2.45) is 0 Å². The van der Waals surface area contributed by atoms with Crippen molar-refractivity contribution in [2.75, 3.05) is 5.73 Å². The smallest absolute Gasteiger partial charge is 0.241 e. The number of fused-ring (bicyclic) bond motifs is 1. The zero-order valence-electron chi connectivity index (χ0n) is 13.9. The van der Waals surface area contributed by atoms with Crippen molar-refractivity contribution in [3.05, 3.63) is 42.9 Å². The van der Waals surface area contributed by atoms with E-state index in [1.54, 1.807) is 6.20 Å². The molecular formula is C19H20N4OS. The highest BCUT2D eigenvalue weighted by molar-refractivity contribution is 7.99. The third-order valence-corrected chi connectivity index (χ3v) is 5.51. The van der Waals surface area contributed by atoms with Gasteiger partial charge in [-0.05, 0) is 37.8 Å². The van der Waals surface area contributed by atoms with Gasteiger partial charge in [0.1, 0.15) is 23.1 Å². The van der Waals surface area contributed by atoms with Gasteiger partial charge in [0.2, 0.25) is 5.88 Å². The van der Waals surface area contributed by atoms with E-state index in [0.29, 0.717) is 16.6 Å². The quantitative estimate of drug-likeness (QED) is 0.698. The molecule has 3 aromatic rings. The largest absolute Gasteiger partial charge is 0.473 e. The highest BCUT2D eigenvalue weighted by atomic mass is 32.2. The van der Waals surface area contributed by atoms with Gasteiger partial charge in [-0.2, -0.15) is 4.98 Å². The van der Waals surface area contributed by atoms with Crippen molar-refractivity contribution in [2.45, 2.75) is 48.1 Å². The summed E-state index contributed by atoms with van der Waals surface area (Å²) < 4.78 is 6.05. The molecule has 0 unspecified atom stereocenters. The van der Waals surface area contributed by atoms with E-state index in [-0.39, 0.29) is 6.10 Å². The van der Waals surface area contributed by atoms with Crippen LogP contribution in [0.15, 0.2) is 52.8 Å². The van der Waals surface area contributed by atoms with Crippen molar-refractivity contribution < 1.29 is 4.74 Å². The summed E-state index contributed by atoms with van der Waals surface area (Å²) in [5, 5.41) is 1.80. The van der Waals surface area contributed by atoms with Gasteiger partial charge in [0.25, 0.3) is 0 Å². The average molecular weight is 352 g/mol. The predicted molar refractivity (Wildman–Crippen MR) is 99.8 cm³/mol. The number of anilines is 1. The van der Waals surface area contributed by atoms with Crippen LogP contribution in [0.4, 0.5) is 5.69 Å². The molecule has 6 heteroatoms. The van der Waals surface area contributed by atoms with Gasteiger partial charge in [0.05, 0.1) is 5.52 Å². The first-order chi connectivity index (χ1) is 12.3. The van der Waals surface area contributed by atoms with Crippen molar-refractivity contribution >= 4 is 28.4 Å². The topological polar surface area (TPSA) is 73.9 Å². The molecule has 1 aliphatic carbocycles.